The van der Waals surface area contributed by atoms with Crippen molar-refractivity contribution in [1.29, 1.82) is 0 Å². The summed E-state index contributed by atoms with van der Waals surface area (Å²) in [7, 11) is 0. The number of hydrogen-bond donors (Lipinski definition) is 2. The number of nitrogens with two attached hydrogens (primary N) is 1. The first-order valence-electron chi connectivity index (χ1n) is 8.47. The molecule has 0 saturated carbocycles. The Balaban J connectivity index is 1.71. The van der Waals surface area contributed by atoms with Gasteiger partial charge < -0.3 is 15.2 Å². The standard InChI is InChI=1S/C20H27NO2/c1-3-7-17-10-12-20(13-11-17)23-15-19(22)14-21-16(2)18-8-5-4-6-9-18/h4-6,8-13,16,19,21-22H,3,7,14-15H2,1-2H3/p+1/t16-,19-/m1/s1. The predicted molar refractivity (Wildman–Crippen MR) is 93.6 cm³/mol. The van der Waals surface area contributed by atoms with E-state index in [1.807, 2.05) is 30.3 Å². The van der Waals surface area contributed by atoms with Crippen LogP contribution in [0.4, 0.5) is 0 Å². The molecule has 0 saturated heterocycles. The summed E-state index contributed by atoms with van der Waals surface area (Å²) < 4.78 is 5.67. The zero-order chi connectivity index (χ0) is 16.5. The molecule has 23 heavy (non-hydrogen) atoms. The van der Waals surface area contributed by atoms with Gasteiger partial charge in [-0.15, -0.1) is 0 Å². The predicted octanol–water partition coefficient (Wildman–Crippen LogP) is 2.70. The van der Waals surface area contributed by atoms with Gasteiger partial charge in [-0.2, -0.15) is 0 Å². The number of benzene rings is 2. The fourth-order valence-electron chi connectivity index (χ4n) is 2.56. The highest BCUT2D eigenvalue weighted by Crippen LogP contribution is 2.13. The van der Waals surface area contributed by atoms with Crippen LogP contribution in [0.25, 0.3) is 0 Å². The van der Waals surface area contributed by atoms with E-state index in [0.717, 1.165) is 18.6 Å². The maximum Gasteiger partial charge on any atom is 0.137 e. The van der Waals surface area contributed by atoms with E-state index < -0.39 is 6.10 Å². The number of rotatable bonds is 9. The molecule has 0 unspecified atom stereocenters. The van der Waals surface area contributed by atoms with E-state index in [0.29, 0.717) is 19.2 Å². The topological polar surface area (TPSA) is 46.1 Å². The van der Waals surface area contributed by atoms with Gasteiger partial charge in [0.25, 0.3) is 0 Å². The zero-order valence-corrected chi connectivity index (χ0v) is 14.1. The van der Waals surface area contributed by atoms with Crippen LogP contribution in [-0.2, 0) is 6.42 Å². The van der Waals surface area contributed by atoms with E-state index in [-0.39, 0.29) is 0 Å². The van der Waals surface area contributed by atoms with E-state index >= 15 is 0 Å². The van der Waals surface area contributed by atoms with Crippen LogP contribution < -0.4 is 10.1 Å². The molecule has 3 heteroatoms. The number of aliphatic hydroxyl groups is 1. The Kier molecular flexibility index (Phi) is 7.11. The Morgan fingerprint density at radius 1 is 1.04 bits per heavy atom. The summed E-state index contributed by atoms with van der Waals surface area (Å²) in [5.41, 5.74) is 2.59. The van der Waals surface area contributed by atoms with Crippen molar-refractivity contribution < 1.29 is 15.2 Å². The summed E-state index contributed by atoms with van der Waals surface area (Å²) in [4.78, 5) is 0. The molecular formula is C20H28NO2+. The van der Waals surface area contributed by atoms with E-state index in [9.17, 15) is 5.11 Å². The molecule has 0 amide bonds. The van der Waals surface area contributed by atoms with Crippen molar-refractivity contribution in [2.24, 2.45) is 0 Å². The van der Waals surface area contributed by atoms with Crippen LogP contribution in [0, 0.1) is 0 Å². The van der Waals surface area contributed by atoms with Crippen molar-refractivity contribution in [2.75, 3.05) is 13.2 Å². The highest BCUT2D eigenvalue weighted by atomic mass is 16.5. The number of quaternary nitrogens is 1. The van der Waals surface area contributed by atoms with Crippen molar-refractivity contribution in [2.45, 2.75) is 38.8 Å². The van der Waals surface area contributed by atoms with Crippen LogP contribution in [0.1, 0.15) is 37.4 Å². The lowest BCUT2D eigenvalue weighted by atomic mass is 10.1. The second-order valence-corrected chi connectivity index (χ2v) is 6.03. The van der Waals surface area contributed by atoms with Gasteiger partial charge >= 0.3 is 0 Å². The Hall–Kier alpha value is -1.84. The fourth-order valence-corrected chi connectivity index (χ4v) is 2.56. The van der Waals surface area contributed by atoms with E-state index in [2.05, 4.69) is 43.4 Å². The highest BCUT2D eigenvalue weighted by Gasteiger charge is 2.12. The minimum atomic E-state index is -0.475. The normalized spacial score (nSPS) is 13.5. The van der Waals surface area contributed by atoms with Crippen LogP contribution >= 0.6 is 0 Å². The van der Waals surface area contributed by atoms with Crippen LogP contribution in [0.15, 0.2) is 54.6 Å². The van der Waals surface area contributed by atoms with Crippen molar-refractivity contribution in [1.82, 2.24) is 0 Å². The van der Waals surface area contributed by atoms with Gasteiger partial charge in [-0.25, -0.2) is 0 Å². The molecule has 0 aliphatic heterocycles. The molecule has 2 aromatic rings. The van der Waals surface area contributed by atoms with Gasteiger partial charge in [0, 0.05) is 5.56 Å². The third-order valence-electron chi connectivity index (χ3n) is 3.99. The summed E-state index contributed by atoms with van der Waals surface area (Å²) in [6, 6.07) is 18.8. The maximum absolute atomic E-state index is 10.1. The molecule has 0 aliphatic carbocycles. The molecule has 0 fully saturated rings. The molecule has 2 aromatic carbocycles. The van der Waals surface area contributed by atoms with E-state index in [1.54, 1.807) is 0 Å². The third kappa shape index (κ3) is 6.05. The molecule has 124 valence electrons. The first-order valence-corrected chi connectivity index (χ1v) is 8.47. The Morgan fingerprint density at radius 2 is 1.74 bits per heavy atom. The molecule has 0 radical (unpaired) electrons. The van der Waals surface area contributed by atoms with Crippen molar-refractivity contribution in [3.05, 3.63) is 65.7 Å². The van der Waals surface area contributed by atoms with Gasteiger partial charge in [-0.05, 0) is 31.0 Å². The SMILES string of the molecule is CCCc1ccc(OC[C@H](O)C[NH2+][C@H](C)c2ccccc2)cc1. The maximum atomic E-state index is 10.1. The monoisotopic (exact) mass is 314 g/mol. The number of aliphatic hydroxyl groups excluding tert-OH is 1. The quantitative estimate of drug-likeness (QED) is 0.747. The van der Waals surface area contributed by atoms with E-state index in [4.69, 9.17) is 4.74 Å². The van der Waals surface area contributed by atoms with E-state index in [1.165, 1.54) is 11.1 Å². The van der Waals surface area contributed by atoms with Gasteiger partial charge in [0.15, 0.2) is 0 Å². The van der Waals surface area contributed by atoms with Crippen LogP contribution in [0.2, 0.25) is 0 Å². The molecule has 2 rings (SSSR count). The lowest BCUT2D eigenvalue weighted by molar-refractivity contribution is -0.698. The third-order valence-corrected chi connectivity index (χ3v) is 3.99. The van der Waals surface area contributed by atoms with Gasteiger partial charge in [0.1, 0.15) is 31.0 Å². The summed E-state index contributed by atoms with van der Waals surface area (Å²) >= 11 is 0. The molecule has 0 spiro atoms. The second-order valence-electron chi connectivity index (χ2n) is 6.03. The molecule has 3 N–H and O–H groups in total. The lowest BCUT2D eigenvalue weighted by Gasteiger charge is -2.15. The average molecular weight is 314 g/mol. The smallest absolute Gasteiger partial charge is 0.137 e. The fraction of sp³-hybridized carbons (Fsp3) is 0.400. The van der Waals surface area contributed by atoms with Crippen LogP contribution in [0.3, 0.4) is 0 Å². The number of hydrogen-bond acceptors (Lipinski definition) is 2. The first kappa shape index (κ1) is 17.5. The second kappa shape index (κ2) is 9.33. The van der Waals surface area contributed by atoms with Crippen molar-refractivity contribution in [3.63, 3.8) is 0 Å². The summed E-state index contributed by atoms with van der Waals surface area (Å²) in [6.07, 6.45) is 1.76. The van der Waals surface area contributed by atoms with Crippen LogP contribution in [0.5, 0.6) is 5.75 Å². The molecule has 0 aliphatic rings. The lowest BCUT2D eigenvalue weighted by Crippen LogP contribution is -2.87. The Labute approximate surface area is 139 Å². The van der Waals surface area contributed by atoms with Crippen LogP contribution in [-0.4, -0.2) is 24.4 Å². The molecule has 0 heterocycles. The van der Waals surface area contributed by atoms with Gasteiger partial charge in [-0.1, -0.05) is 55.8 Å². The highest BCUT2D eigenvalue weighted by molar-refractivity contribution is 5.27. The number of ether oxygens (including phenoxy) is 1. The molecule has 0 aromatic heterocycles. The van der Waals surface area contributed by atoms with Crippen molar-refractivity contribution in [3.8, 4) is 5.75 Å². The molecular weight excluding hydrogens is 286 g/mol. The minimum Gasteiger partial charge on any atom is -0.491 e. The summed E-state index contributed by atoms with van der Waals surface area (Å²) in [5.74, 6) is 0.819. The Morgan fingerprint density at radius 3 is 2.39 bits per heavy atom. The molecule has 0 bridgehead atoms. The Bertz CT molecular complexity index is 554. The molecule has 3 nitrogen and oxygen atoms in total. The van der Waals surface area contributed by atoms with Gasteiger partial charge in [-0.3, -0.25) is 0 Å². The number of aryl methyl sites for hydroxylation is 1. The van der Waals surface area contributed by atoms with Crippen molar-refractivity contribution >= 4 is 0 Å². The molecule has 2 atom stereocenters. The summed E-state index contributed by atoms with van der Waals surface area (Å²) in [5, 5.41) is 12.2. The van der Waals surface area contributed by atoms with Gasteiger partial charge in [0.2, 0.25) is 0 Å². The largest absolute Gasteiger partial charge is 0.491 e. The minimum absolute atomic E-state index is 0.325. The first-order chi connectivity index (χ1) is 11.2. The van der Waals surface area contributed by atoms with Gasteiger partial charge in [0.05, 0.1) is 0 Å². The summed E-state index contributed by atoms with van der Waals surface area (Å²) in [6.45, 7) is 5.28. The zero-order valence-electron chi connectivity index (χ0n) is 14.1. The average Bonchev–Trinajstić information content (AvgIpc) is 2.60.